The van der Waals surface area contributed by atoms with Gasteiger partial charge in [0, 0.05) is 37.6 Å². The first-order chi connectivity index (χ1) is 7.36. The summed E-state index contributed by atoms with van der Waals surface area (Å²) in [5, 5.41) is 10.3. The zero-order chi connectivity index (χ0) is 10.5. The lowest BCUT2D eigenvalue weighted by atomic mass is 10.2. The number of hydrogen-bond donors (Lipinski definition) is 2. The second-order valence-electron chi connectivity index (χ2n) is 3.35. The van der Waals surface area contributed by atoms with E-state index in [0.29, 0.717) is 12.1 Å². The Bertz CT molecular complexity index is 321. The van der Waals surface area contributed by atoms with Gasteiger partial charge in [-0.3, -0.25) is 15.1 Å². The molecule has 0 saturated carbocycles. The average molecular weight is 205 g/mol. The Morgan fingerprint density at radius 3 is 2.93 bits per heavy atom. The van der Waals surface area contributed by atoms with Crippen LogP contribution < -0.4 is 16.0 Å². The van der Waals surface area contributed by atoms with E-state index in [2.05, 4.69) is 20.9 Å². The Balaban J connectivity index is 1.91. The fourth-order valence-electron chi connectivity index (χ4n) is 1.44. The van der Waals surface area contributed by atoms with E-state index in [9.17, 15) is 4.79 Å². The summed E-state index contributed by atoms with van der Waals surface area (Å²) in [5.74, 6) is -0.0907. The molecular formula is C10H13N4O. The maximum absolute atomic E-state index is 11.7. The van der Waals surface area contributed by atoms with E-state index in [4.69, 9.17) is 0 Å². The van der Waals surface area contributed by atoms with Crippen molar-refractivity contribution >= 4 is 5.91 Å². The molecule has 1 amide bonds. The Hall–Kier alpha value is -1.46. The molecule has 1 radical (unpaired) electrons. The molecule has 1 fully saturated rings. The zero-order valence-corrected chi connectivity index (χ0v) is 8.31. The largest absolute Gasteiger partial charge is 0.335 e. The normalized spacial score (nSPS) is 20.9. The molecule has 1 atom stereocenters. The predicted octanol–water partition coefficient (Wildman–Crippen LogP) is -0.655. The molecule has 1 aliphatic heterocycles. The van der Waals surface area contributed by atoms with Crippen LogP contribution in [0.15, 0.2) is 24.5 Å². The number of carbonyl (C=O) groups excluding carboxylic acids is 1. The van der Waals surface area contributed by atoms with E-state index in [-0.39, 0.29) is 12.1 Å². The second kappa shape index (κ2) is 4.86. The highest BCUT2D eigenvalue weighted by Crippen LogP contribution is 1.96. The Morgan fingerprint density at radius 2 is 2.27 bits per heavy atom. The number of rotatable bonds is 2. The number of amides is 1. The van der Waals surface area contributed by atoms with Gasteiger partial charge in [0.2, 0.25) is 0 Å². The van der Waals surface area contributed by atoms with E-state index in [1.807, 2.05) is 0 Å². The van der Waals surface area contributed by atoms with E-state index in [0.717, 1.165) is 13.1 Å². The number of piperazine rings is 1. The van der Waals surface area contributed by atoms with Gasteiger partial charge in [0.1, 0.15) is 0 Å². The van der Waals surface area contributed by atoms with Gasteiger partial charge >= 0.3 is 0 Å². The highest BCUT2D eigenvalue weighted by atomic mass is 16.1. The molecule has 0 aliphatic carbocycles. The summed E-state index contributed by atoms with van der Waals surface area (Å²) >= 11 is 0. The summed E-state index contributed by atoms with van der Waals surface area (Å²) in [7, 11) is 0. The van der Waals surface area contributed by atoms with Crippen molar-refractivity contribution in [2.24, 2.45) is 0 Å². The molecule has 5 heteroatoms. The summed E-state index contributed by atoms with van der Waals surface area (Å²) in [4.78, 5) is 15.6. The van der Waals surface area contributed by atoms with Gasteiger partial charge in [0.05, 0.1) is 6.17 Å². The monoisotopic (exact) mass is 205 g/mol. The van der Waals surface area contributed by atoms with Crippen LogP contribution in [0.2, 0.25) is 0 Å². The van der Waals surface area contributed by atoms with Crippen LogP contribution in [0.1, 0.15) is 10.4 Å². The number of carbonyl (C=O) groups is 1. The molecular weight excluding hydrogens is 192 g/mol. The van der Waals surface area contributed by atoms with Crippen LogP contribution in [0.25, 0.3) is 0 Å². The van der Waals surface area contributed by atoms with Crippen molar-refractivity contribution in [2.45, 2.75) is 6.17 Å². The molecule has 0 spiro atoms. The number of hydrogen-bond acceptors (Lipinski definition) is 3. The van der Waals surface area contributed by atoms with Crippen LogP contribution in [0.4, 0.5) is 0 Å². The van der Waals surface area contributed by atoms with Crippen molar-refractivity contribution in [3.05, 3.63) is 30.1 Å². The lowest BCUT2D eigenvalue weighted by Crippen LogP contribution is -2.54. The standard InChI is InChI=1S/C10H13N4O/c15-10(8-1-3-11-4-2-8)14-9-7-12-5-6-13-9/h1-4,9,13H,5-7H2,(H,14,15). The average Bonchev–Trinajstić information content (AvgIpc) is 2.31. The summed E-state index contributed by atoms with van der Waals surface area (Å²) in [6.07, 6.45) is 3.17. The molecule has 15 heavy (non-hydrogen) atoms. The number of nitrogens with one attached hydrogen (secondary N) is 2. The van der Waals surface area contributed by atoms with Crippen molar-refractivity contribution in [3.63, 3.8) is 0 Å². The van der Waals surface area contributed by atoms with Gasteiger partial charge in [0.25, 0.3) is 5.91 Å². The summed E-state index contributed by atoms with van der Waals surface area (Å²) < 4.78 is 0. The molecule has 1 aliphatic rings. The molecule has 0 bridgehead atoms. The van der Waals surface area contributed by atoms with Crippen molar-refractivity contribution in [1.29, 1.82) is 0 Å². The van der Waals surface area contributed by atoms with E-state index in [1.165, 1.54) is 0 Å². The molecule has 0 aromatic carbocycles. The number of aromatic nitrogens is 1. The van der Waals surface area contributed by atoms with Gasteiger partial charge in [-0.2, -0.15) is 0 Å². The number of nitrogens with zero attached hydrogens (tertiary/aromatic N) is 2. The van der Waals surface area contributed by atoms with Gasteiger partial charge in [-0.15, -0.1) is 0 Å². The summed E-state index contributed by atoms with van der Waals surface area (Å²) in [5.41, 5.74) is 0.623. The Kier molecular flexibility index (Phi) is 3.26. The van der Waals surface area contributed by atoms with Crippen molar-refractivity contribution < 1.29 is 4.79 Å². The van der Waals surface area contributed by atoms with E-state index in [1.54, 1.807) is 24.5 Å². The maximum Gasteiger partial charge on any atom is 0.252 e. The van der Waals surface area contributed by atoms with Crippen molar-refractivity contribution in [3.8, 4) is 0 Å². The van der Waals surface area contributed by atoms with Crippen LogP contribution in [0.5, 0.6) is 0 Å². The molecule has 1 unspecified atom stereocenters. The van der Waals surface area contributed by atoms with Crippen LogP contribution in [0.3, 0.4) is 0 Å². The first-order valence-electron chi connectivity index (χ1n) is 4.94. The lowest BCUT2D eigenvalue weighted by molar-refractivity contribution is 0.0924. The smallest absolute Gasteiger partial charge is 0.252 e. The summed E-state index contributed by atoms with van der Waals surface area (Å²) in [6, 6.07) is 3.38. The van der Waals surface area contributed by atoms with Crippen molar-refractivity contribution in [2.75, 3.05) is 19.6 Å². The molecule has 1 aromatic rings. The fourth-order valence-corrected chi connectivity index (χ4v) is 1.44. The van der Waals surface area contributed by atoms with E-state index >= 15 is 0 Å². The first kappa shape index (κ1) is 10.1. The molecule has 2 heterocycles. The highest BCUT2D eigenvalue weighted by molar-refractivity contribution is 5.94. The van der Waals surface area contributed by atoms with Crippen molar-refractivity contribution in [1.82, 2.24) is 20.9 Å². The van der Waals surface area contributed by atoms with Gasteiger partial charge in [-0.1, -0.05) is 0 Å². The highest BCUT2D eigenvalue weighted by Gasteiger charge is 2.15. The van der Waals surface area contributed by atoms with Crippen LogP contribution in [-0.2, 0) is 0 Å². The van der Waals surface area contributed by atoms with Gasteiger partial charge in [-0.05, 0) is 12.1 Å². The fraction of sp³-hybridized carbons (Fsp3) is 0.400. The number of pyridine rings is 1. The summed E-state index contributed by atoms with van der Waals surface area (Å²) in [6.45, 7) is 2.28. The van der Waals surface area contributed by atoms with Crippen LogP contribution >= 0.6 is 0 Å². The predicted molar refractivity (Wildman–Crippen MR) is 55.4 cm³/mol. The maximum atomic E-state index is 11.7. The van der Waals surface area contributed by atoms with Gasteiger partial charge in [0.15, 0.2) is 0 Å². The van der Waals surface area contributed by atoms with Gasteiger partial charge < -0.3 is 5.32 Å². The van der Waals surface area contributed by atoms with Crippen LogP contribution in [0, 0.1) is 0 Å². The molecule has 2 rings (SSSR count). The topological polar surface area (TPSA) is 68.1 Å². The quantitative estimate of drug-likeness (QED) is 0.674. The first-order valence-corrected chi connectivity index (χ1v) is 4.94. The minimum absolute atomic E-state index is 0.0422. The minimum atomic E-state index is -0.0907. The molecule has 5 nitrogen and oxygen atoms in total. The lowest BCUT2D eigenvalue weighted by Gasteiger charge is -2.24. The molecule has 79 valence electrons. The third kappa shape index (κ3) is 2.74. The molecule has 1 saturated heterocycles. The zero-order valence-electron chi connectivity index (χ0n) is 8.31. The minimum Gasteiger partial charge on any atom is -0.335 e. The second-order valence-corrected chi connectivity index (χ2v) is 3.35. The van der Waals surface area contributed by atoms with Crippen LogP contribution in [-0.4, -0.2) is 36.7 Å². The third-order valence-electron chi connectivity index (χ3n) is 2.22. The third-order valence-corrected chi connectivity index (χ3v) is 2.22. The van der Waals surface area contributed by atoms with Gasteiger partial charge in [-0.25, -0.2) is 5.32 Å². The van der Waals surface area contributed by atoms with E-state index < -0.39 is 0 Å². The Labute approximate surface area is 88.3 Å². The Morgan fingerprint density at radius 1 is 1.47 bits per heavy atom. The molecule has 1 aromatic heterocycles. The SMILES string of the molecule is O=C(NC1C[N]CCN1)c1ccncc1. The molecule has 2 N–H and O–H groups in total.